The van der Waals surface area contributed by atoms with Gasteiger partial charge in [0.05, 0.1) is 0 Å². The summed E-state index contributed by atoms with van der Waals surface area (Å²) in [4.78, 5) is 0. The second-order valence-corrected chi connectivity index (χ2v) is 4.33. The summed E-state index contributed by atoms with van der Waals surface area (Å²) in [6, 6.07) is 6.76. The van der Waals surface area contributed by atoms with Gasteiger partial charge in [-0.3, -0.25) is 0 Å². The molecular formula is C13H21N. The van der Waals surface area contributed by atoms with E-state index in [1.54, 1.807) is 0 Å². The quantitative estimate of drug-likeness (QED) is 0.779. The number of nitrogens with two attached hydrogens (primary N) is 1. The molecular weight excluding hydrogens is 170 g/mol. The van der Waals surface area contributed by atoms with Crippen molar-refractivity contribution in [2.45, 2.75) is 40.2 Å². The van der Waals surface area contributed by atoms with E-state index in [4.69, 9.17) is 5.73 Å². The maximum Gasteiger partial charge on any atom is 0.0320 e. The van der Waals surface area contributed by atoms with Gasteiger partial charge < -0.3 is 5.73 Å². The lowest BCUT2D eigenvalue weighted by molar-refractivity contribution is 0.456. The summed E-state index contributed by atoms with van der Waals surface area (Å²) in [5, 5.41) is 0. The summed E-state index contributed by atoms with van der Waals surface area (Å²) in [5.41, 5.74) is 10.1. The summed E-state index contributed by atoms with van der Waals surface area (Å²) in [6.45, 7) is 8.65. The zero-order chi connectivity index (χ0) is 10.7. The van der Waals surface area contributed by atoms with E-state index in [1.165, 1.54) is 16.7 Å². The molecule has 1 aromatic carbocycles. The molecule has 78 valence electrons. The molecule has 0 spiro atoms. The molecule has 2 unspecified atom stereocenters. The van der Waals surface area contributed by atoms with Gasteiger partial charge in [-0.15, -0.1) is 0 Å². The monoisotopic (exact) mass is 191 g/mol. The minimum Gasteiger partial charge on any atom is -0.324 e. The van der Waals surface area contributed by atoms with Crippen molar-refractivity contribution < 1.29 is 0 Å². The molecule has 0 aromatic heterocycles. The maximum atomic E-state index is 6.19. The summed E-state index contributed by atoms with van der Waals surface area (Å²) in [7, 11) is 0. The Morgan fingerprint density at radius 1 is 1.14 bits per heavy atom. The highest BCUT2D eigenvalue weighted by Gasteiger charge is 2.13. The molecule has 0 saturated heterocycles. The molecule has 0 amide bonds. The minimum absolute atomic E-state index is 0.179. The van der Waals surface area contributed by atoms with Gasteiger partial charge in [0, 0.05) is 6.04 Å². The maximum absolute atomic E-state index is 6.19. The fourth-order valence-corrected chi connectivity index (χ4v) is 1.78. The highest BCUT2D eigenvalue weighted by Crippen LogP contribution is 2.23. The Labute approximate surface area is 87.3 Å². The Morgan fingerprint density at radius 2 is 1.64 bits per heavy atom. The van der Waals surface area contributed by atoms with E-state index in [0.717, 1.165) is 6.42 Å². The molecule has 0 bridgehead atoms. The first-order chi connectivity index (χ1) is 6.54. The van der Waals surface area contributed by atoms with Crippen molar-refractivity contribution in [3.63, 3.8) is 0 Å². The molecule has 14 heavy (non-hydrogen) atoms. The van der Waals surface area contributed by atoms with Crippen molar-refractivity contribution in [1.82, 2.24) is 0 Å². The Hall–Kier alpha value is -0.820. The molecule has 1 aromatic rings. The second-order valence-electron chi connectivity index (χ2n) is 4.33. The number of hydrogen-bond donors (Lipinski definition) is 1. The van der Waals surface area contributed by atoms with Crippen molar-refractivity contribution in [1.29, 1.82) is 0 Å². The van der Waals surface area contributed by atoms with E-state index >= 15 is 0 Å². The topological polar surface area (TPSA) is 26.0 Å². The zero-order valence-electron chi connectivity index (χ0n) is 9.67. The number of aryl methyl sites for hydroxylation is 2. The van der Waals surface area contributed by atoms with Crippen LogP contribution in [0.5, 0.6) is 0 Å². The van der Waals surface area contributed by atoms with Gasteiger partial charge in [0.2, 0.25) is 0 Å². The molecule has 2 atom stereocenters. The minimum atomic E-state index is 0.179. The lowest BCUT2D eigenvalue weighted by Gasteiger charge is -2.19. The van der Waals surface area contributed by atoms with Crippen LogP contribution in [0.4, 0.5) is 0 Å². The van der Waals surface area contributed by atoms with E-state index in [1.807, 2.05) is 0 Å². The van der Waals surface area contributed by atoms with Gasteiger partial charge in [0.15, 0.2) is 0 Å². The Balaban J connectivity index is 2.94. The smallest absolute Gasteiger partial charge is 0.0320 e. The molecule has 1 nitrogen and oxygen atoms in total. The van der Waals surface area contributed by atoms with E-state index in [-0.39, 0.29) is 6.04 Å². The van der Waals surface area contributed by atoms with Crippen LogP contribution in [0.2, 0.25) is 0 Å². The molecule has 0 radical (unpaired) electrons. The Bertz CT molecular complexity index is 284. The Kier molecular flexibility index (Phi) is 3.70. The van der Waals surface area contributed by atoms with Gasteiger partial charge in [0.25, 0.3) is 0 Å². The third-order valence-electron chi connectivity index (χ3n) is 2.89. The van der Waals surface area contributed by atoms with Gasteiger partial charge in [0.1, 0.15) is 0 Å². The van der Waals surface area contributed by atoms with Crippen LogP contribution in [0.25, 0.3) is 0 Å². The average molecular weight is 191 g/mol. The van der Waals surface area contributed by atoms with Gasteiger partial charge in [-0.25, -0.2) is 0 Å². The summed E-state index contributed by atoms with van der Waals surface area (Å²) in [5.74, 6) is 0.552. The number of hydrogen-bond acceptors (Lipinski definition) is 1. The first-order valence-corrected chi connectivity index (χ1v) is 5.38. The normalized spacial score (nSPS) is 15.2. The molecule has 1 rings (SSSR count). The molecule has 2 N–H and O–H groups in total. The summed E-state index contributed by atoms with van der Waals surface area (Å²) >= 11 is 0. The van der Waals surface area contributed by atoms with Crippen molar-refractivity contribution in [2.75, 3.05) is 0 Å². The van der Waals surface area contributed by atoms with Crippen LogP contribution < -0.4 is 5.73 Å². The van der Waals surface area contributed by atoms with E-state index in [2.05, 4.69) is 45.9 Å². The van der Waals surface area contributed by atoms with Crippen LogP contribution in [-0.4, -0.2) is 0 Å². The third-order valence-corrected chi connectivity index (χ3v) is 2.89. The van der Waals surface area contributed by atoms with Crippen LogP contribution >= 0.6 is 0 Å². The summed E-state index contributed by atoms with van der Waals surface area (Å²) in [6.07, 6.45) is 1.13. The standard InChI is InChI=1S/C13H21N/c1-5-11(4)13(14)12-7-9(2)6-10(3)8-12/h6-8,11,13H,5,14H2,1-4H3. The predicted octanol–water partition coefficient (Wildman–Crippen LogP) is 3.35. The van der Waals surface area contributed by atoms with E-state index < -0.39 is 0 Å². The fourth-order valence-electron chi connectivity index (χ4n) is 1.78. The van der Waals surface area contributed by atoms with Gasteiger partial charge in [-0.2, -0.15) is 0 Å². The highest BCUT2D eigenvalue weighted by molar-refractivity contribution is 5.30. The number of benzene rings is 1. The average Bonchev–Trinajstić information content (AvgIpc) is 2.14. The van der Waals surface area contributed by atoms with Crippen molar-refractivity contribution in [3.05, 3.63) is 34.9 Å². The third kappa shape index (κ3) is 2.58. The molecule has 0 aliphatic heterocycles. The molecule has 1 heteroatoms. The summed E-state index contributed by atoms with van der Waals surface area (Å²) < 4.78 is 0. The predicted molar refractivity (Wildman–Crippen MR) is 62.3 cm³/mol. The lowest BCUT2D eigenvalue weighted by atomic mass is 9.91. The SMILES string of the molecule is CCC(C)C(N)c1cc(C)cc(C)c1. The molecule has 0 fully saturated rings. The number of rotatable bonds is 3. The lowest BCUT2D eigenvalue weighted by Crippen LogP contribution is -2.18. The molecule has 0 saturated carbocycles. The molecule has 0 aliphatic carbocycles. The van der Waals surface area contributed by atoms with Crippen LogP contribution in [-0.2, 0) is 0 Å². The van der Waals surface area contributed by atoms with Gasteiger partial charge in [-0.1, -0.05) is 49.6 Å². The van der Waals surface area contributed by atoms with Gasteiger partial charge >= 0.3 is 0 Å². The van der Waals surface area contributed by atoms with Crippen molar-refractivity contribution in [2.24, 2.45) is 11.7 Å². The highest BCUT2D eigenvalue weighted by atomic mass is 14.6. The van der Waals surface area contributed by atoms with Crippen LogP contribution in [0.15, 0.2) is 18.2 Å². The van der Waals surface area contributed by atoms with Crippen molar-refractivity contribution >= 4 is 0 Å². The first kappa shape index (κ1) is 11.3. The molecule has 0 heterocycles. The van der Waals surface area contributed by atoms with Crippen LogP contribution in [0.1, 0.15) is 43.0 Å². The Morgan fingerprint density at radius 3 is 2.07 bits per heavy atom. The first-order valence-electron chi connectivity index (χ1n) is 5.38. The second kappa shape index (κ2) is 4.61. The fraction of sp³-hybridized carbons (Fsp3) is 0.538. The zero-order valence-corrected chi connectivity index (χ0v) is 9.67. The molecule has 0 aliphatic rings. The van der Waals surface area contributed by atoms with E-state index in [0.29, 0.717) is 5.92 Å². The van der Waals surface area contributed by atoms with Crippen LogP contribution in [0.3, 0.4) is 0 Å². The van der Waals surface area contributed by atoms with E-state index in [9.17, 15) is 0 Å². The largest absolute Gasteiger partial charge is 0.324 e. The van der Waals surface area contributed by atoms with Crippen LogP contribution in [0, 0.1) is 19.8 Å². The van der Waals surface area contributed by atoms with Crippen molar-refractivity contribution in [3.8, 4) is 0 Å². The van der Waals surface area contributed by atoms with Gasteiger partial charge in [-0.05, 0) is 25.3 Å².